The van der Waals surface area contributed by atoms with Crippen molar-refractivity contribution in [1.29, 1.82) is 0 Å². The topological polar surface area (TPSA) is 66.5 Å². The van der Waals surface area contributed by atoms with Gasteiger partial charge in [-0.25, -0.2) is 8.42 Å². The van der Waals surface area contributed by atoms with Crippen LogP contribution < -0.4 is 5.32 Å². The quantitative estimate of drug-likeness (QED) is 0.828. The van der Waals surface area contributed by atoms with E-state index in [2.05, 4.69) is 10.2 Å². The summed E-state index contributed by atoms with van der Waals surface area (Å²) in [6.07, 6.45) is 2.89. The summed E-state index contributed by atoms with van der Waals surface area (Å²) in [5.41, 5.74) is 0. The Labute approximate surface area is 122 Å². The van der Waals surface area contributed by atoms with Crippen molar-refractivity contribution in [2.75, 3.05) is 31.1 Å². The summed E-state index contributed by atoms with van der Waals surface area (Å²) in [7, 11) is -2.79. The van der Waals surface area contributed by atoms with Crippen LogP contribution in [0.3, 0.4) is 0 Å². The number of likely N-dealkylation sites (tertiary alicyclic amines) is 1. The summed E-state index contributed by atoms with van der Waals surface area (Å²) in [5, 5.41) is 3.09. The third-order valence-corrected chi connectivity index (χ3v) is 6.06. The molecule has 2 aliphatic rings. The molecule has 0 aromatic rings. The van der Waals surface area contributed by atoms with Crippen LogP contribution in [0.5, 0.6) is 0 Å². The molecule has 0 radical (unpaired) electrons. The van der Waals surface area contributed by atoms with Crippen molar-refractivity contribution in [2.24, 2.45) is 11.8 Å². The van der Waals surface area contributed by atoms with E-state index in [0.717, 1.165) is 38.9 Å². The van der Waals surface area contributed by atoms with Gasteiger partial charge in [0.05, 0.1) is 11.5 Å². The predicted molar refractivity (Wildman–Crippen MR) is 79.2 cm³/mol. The zero-order chi connectivity index (χ0) is 14.8. The lowest BCUT2D eigenvalue weighted by Gasteiger charge is -2.34. The van der Waals surface area contributed by atoms with E-state index in [-0.39, 0.29) is 23.8 Å². The van der Waals surface area contributed by atoms with Gasteiger partial charge in [0.15, 0.2) is 9.84 Å². The minimum atomic E-state index is -2.79. The minimum Gasteiger partial charge on any atom is -0.352 e. The first-order valence-electron chi connectivity index (χ1n) is 7.59. The fourth-order valence-corrected chi connectivity index (χ4v) is 4.94. The minimum absolute atomic E-state index is 0.0188. The van der Waals surface area contributed by atoms with E-state index in [4.69, 9.17) is 0 Å². The molecule has 0 saturated carbocycles. The number of amides is 1. The highest BCUT2D eigenvalue weighted by atomic mass is 32.2. The Morgan fingerprint density at radius 3 is 2.70 bits per heavy atom. The Morgan fingerprint density at radius 1 is 1.35 bits per heavy atom. The molecule has 2 atom stereocenters. The van der Waals surface area contributed by atoms with Crippen molar-refractivity contribution < 1.29 is 13.2 Å². The molecule has 0 unspecified atom stereocenters. The van der Waals surface area contributed by atoms with E-state index in [0.29, 0.717) is 11.5 Å². The van der Waals surface area contributed by atoms with E-state index >= 15 is 0 Å². The van der Waals surface area contributed by atoms with Crippen LogP contribution in [0.1, 0.15) is 33.1 Å². The largest absolute Gasteiger partial charge is 0.352 e. The number of sulfone groups is 1. The van der Waals surface area contributed by atoms with Gasteiger partial charge in [-0.1, -0.05) is 13.8 Å². The van der Waals surface area contributed by atoms with E-state index < -0.39 is 9.84 Å². The highest BCUT2D eigenvalue weighted by molar-refractivity contribution is 7.91. The van der Waals surface area contributed by atoms with Gasteiger partial charge in [-0.15, -0.1) is 0 Å². The van der Waals surface area contributed by atoms with Crippen molar-refractivity contribution in [2.45, 2.75) is 39.2 Å². The first kappa shape index (κ1) is 15.8. The molecule has 2 rings (SSSR count). The van der Waals surface area contributed by atoms with E-state index in [1.807, 2.05) is 13.8 Å². The SMILES string of the molecule is CC(C)C(=O)N[C@H]1CCCN(C[C@@H]2CCS(=O)(=O)C2)C1. The molecule has 0 spiro atoms. The van der Waals surface area contributed by atoms with Crippen LogP contribution in [0, 0.1) is 11.8 Å². The zero-order valence-electron chi connectivity index (χ0n) is 12.5. The maximum Gasteiger partial charge on any atom is 0.222 e. The van der Waals surface area contributed by atoms with Crippen LogP contribution >= 0.6 is 0 Å². The molecule has 6 heteroatoms. The first-order chi connectivity index (χ1) is 9.35. The van der Waals surface area contributed by atoms with Crippen molar-refractivity contribution >= 4 is 15.7 Å². The summed E-state index contributed by atoms with van der Waals surface area (Å²) in [6, 6.07) is 0.219. The molecule has 2 heterocycles. The Balaban J connectivity index is 1.80. The van der Waals surface area contributed by atoms with Crippen LogP contribution in [0.25, 0.3) is 0 Å². The molecule has 1 N–H and O–H groups in total. The number of rotatable bonds is 4. The van der Waals surface area contributed by atoms with Crippen LogP contribution in [-0.2, 0) is 14.6 Å². The van der Waals surface area contributed by atoms with Gasteiger partial charge in [-0.3, -0.25) is 4.79 Å². The lowest BCUT2D eigenvalue weighted by Crippen LogP contribution is -2.49. The molecule has 5 nitrogen and oxygen atoms in total. The second-order valence-electron chi connectivity index (χ2n) is 6.53. The molecule has 2 saturated heterocycles. The summed E-state index contributed by atoms with van der Waals surface area (Å²) in [6.45, 7) is 6.53. The molecule has 0 aliphatic carbocycles. The number of nitrogens with one attached hydrogen (secondary N) is 1. The highest BCUT2D eigenvalue weighted by Crippen LogP contribution is 2.21. The standard InChI is InChI=1S/C14H26N2O3S/c1-11(2)14(17)15-13-4-3-6-16(9-13)8-12-5-7-20(18,19)10-12/h11-13H,3-10H2,1-2H3,(H,15,17)/t12-,13-/m0/s1. The van der Waals surface area contributed by atoms with Gasteiger partial charge in [0, 0.05) is 25.0 Å². The van der Waals surface area contributed by atoms with Crippen molar-refractivity contribution in [3.63, 3.8) is 0 Å². The molecular weight excluding hydrogens is 276 g/mol. The van der Waals surface area contributed by atoms with E-state index in [1.54, 1.807) is 0 Å². The maximum absolute atomic E-state index is 11.7. The molecule has 2 fully saturated rings. The van der Waals surface area contributed by atoms with Crippen LogP contribution in [-0.4, -0.2) is 56.4 Å². The summed E-state index contributed by atoms with van der Waals surface area (Å²) >= 11 is 0. The Kier molecular flexibility index (Phi) is 5.07. The molecule has 116 valence electrons. The van der Waals surface area contributed by atoms with Gasteiger partial charge >= 0.3 is 0 Å². The number of carbonyl (C=O) groups is 1. The average molecular weight is 302 g/mol. The number of hydrogen-bond donors (Lipinski definition) is 1. The van der Waals surface area contributed by atoms with Gasteiger partial charge in [0.2, 0.25) is 5.91 Å². The Morgan fingerprint density at radius 2 is 2.10 bits per heavy atom. The maximum atomic E-state index is 11.7. The second kappa shape index (κ2) is 6.43. The van der Waals surface area contributed by atoms with Gasteiger partial charge in [-0.05, 0) is 31.7 Å². The molecule has 0 aromatic heterocycles. The van der Waals surface area contributed by atoms with E-state index in [9.17, 15) is 13.2 Å². The molecule has 0 aromatic carbocycles. The molecule has 1 amide bonds. The third kappa shape index (κ3) is 4.45. The van der Waals surface area contributed by atoms with Crippen molar-refractivity contribution in [3.8, 4) is 0 Å². The Hall–Kier alpha value is -0.620. The van der Waals surface area contributed by atoms with Gasteiger partial charge in [-0.2, -0.15) is 0 Å². The first-order valence-corrected chi connectivity index (χ1v) is 9.41. The van der Waals surface area contributed by atoms with Crippen LogP contribution in [0.4, 0.5) is 0 Å². The number of nitrogens with zero attached hydrogens (tertiary/aromatic N) is 1. The molecular formula is C14H26N2O3S. The Bertz CT molecular complexity index is 447. The smallest absolute Gasteiger partial charge is 0.222 e. The van der Waals surface area contributed by atoms with E-state index in [1.165, 1.54) is 0 Å². The lowest BCUT2D eigenvalue weighted by molar-refractivity contribution is -0.125. The molecule has 20 heavy (non-hydrogen) atoms. The van der Waals surface area contributed by atoms with Gasteiger partial charge in [0.1, 0.15) is 0 Å². The lowest BCUT2D eigenvalue weighted by atomic mass is 10.0. The summed E-state index contributed by atoms with van der Waals surface area (Å²) in [4.78, 5) is 14.1. The number of piperidine rings is 1. The fraction of sp³-hybridized carbons (Fsp3) is 0.929. The normalized spacial score (nSPS) is 30.6. The highest BCUT2D eigenvalue weighted by Gasteiger charge is 2.31. The third-order valence-electron chi connectivity index (χ3n) is 4.22. The van der Waals surface area contributed by atoms with Gasteiger partial charge < -0.3 is 10.2 Å². The van der Waals surface area contributed by atoms with Crippen LogP contribution in [0.2, 0.25) is 0 Å². The zero-order valence-corrected chi connectivity index (χ0v) is 13.3. The predicted octanol–water partition coefficient (Wildman–Crippen LogP) is 0.658. The molecule has 0 bridgehead atoms. The fourth-order valence-electron chi connectivity index (χ4n) is 3.09. The van der Waals surface area contributed by atoms with Crippen molar-refractivity contribution in [1.82, 2.24) is 10.2 Å². The number of carbonyl (C=O) groups excluding carboxylic acids is 1. The average Bonchev–Trinajstić information content (AvgIpc) is 2.69. The van der Waals surface area contributed by atoms with Gasteiger partial charge in [0.25, 0.3) is 0 Å². The monoisotopic (exact) mass is 302 g/mol. The van der Waals surface area contributed by atoms with Crippen molar-refractivity contribution in [3.05, 3.63) is 0 Å². The van der Waals surface area contributed by atoms with Crippen LogP contribution in [0.15, 0.2) is 0 Å². The molecule has 2 aliphatic heterocycles. The summed E-state index contributed by atoms with van der Waals surface area (Å²) in [5.74, 6) is 1.09. The summed E-state index contributed by atoms with van der Waals surface area (Å²) < 4.78 is 23.0. The number of hydrogen-bond acceptors (Lipinski definition) is 4. The second-order valence-corrected chi connectivity index (χ2v) is 8.76.